The number of likely N-dealkylation sites (N-methyl/N-ethyl adjacent to an activating group) is 1. The highest BCUT2D eigenvalue weighted by Gasteiger charge is 2.46. The first-order valence-corrected chi connectivity index (χ1v) is 4.59. The highest BCUT2D eigenvalue weighted by Crippen LogP contribution is 2.32. The molecule has 2 rings (SSSR count). The van der Waals surface area contributed by atoms with Gasteiger partial charge < -0.3 is 10.0 Å². The van der Waals surface area contributed by atoms with Crippen LogP contribution in [0.1, 0.15) is 5.56 Å². The molecule has 1 N–H and O–H groups in total. The van der Waals surface area contributed by atoms with Crippen LogP contribution in [-0.4, -0.2) is 28.6 Å². The third-order valence-electron chi connectivity index (χ3n) is 2.42. The second kappa shape index (κ2) is 2.79. The highest BCUT2D eigenvalue weighted by molar-refractivity contribution is 7.80. The Balaban J connectivity index is 2.33. The Kier molecular flexibility index (Phi) is 1.86. The van der Waals surface area contributed by atoms with E-state index >= 15 is 0 Å². The predicted octanol–water partition coefficient (Wildman–Crippen LogP) is 1.15. The molecule has 1 fully saturated rings. The number of benzene rings is 1. The number of β-amino-alcohol motifs (C(OH)–C–C–N with tert-alkyl or cyclic N) is 1. The van der Waals surface area contributed by atoms with Crippen molar-refractivity contribution in [3.8, 4) is 0 Å². The molecule has 1 aromatic carbocycles. The Bertz CT molecular complexity index is 338. The molecular formula is C10H11NOS. The van der Waals surface area contributed by atoms with Crippen LogP contribution in [0.2, 0.25) is 0 Å². The fourth-order valence-corrected chi connectivity index (χ4v) is 1.88. The lowest BCUT2D eigenvalue weighted by molar-refractivity contribution is 0.0346. The second-order valence-corrected chi connectivity index (χ2v) is 3.77. The molecule has 0 radical (unpaired) electrons. The van der Waals surface area contributed by atoms with Crippen LogP contribution in [0, 0.1) is 0 Å². The minimum absolute atomic E-state index is 0.593. The molecule has 1 atom stereocenters. The van der Waals surface area contributed by atoms with E-state index in [4.69, 9.17) is 12.2 Å². The number of nitrogens with zero attached hydrogens (tertiary/aromatic N) is 1. The van der Waals surface area contributed by atoms with E-state index in [1.54, 1.807) is 0 Å². The van der Waals surface area contributed by atoms with Gasteiger partial charge >= 0.3 is 0 Å². The Labute approximate surface area is 82.8 Å². The summed E-state index contributed by atoms with van der Waals surface area (Å²) in [7, 11) is 1.89. The summed E-state index contributed by atoms with van der Waals surface area (Å²) in [6.45, 7) is 0.593. The van der Waals surface area contributed by atoms with Gasteiger partial charge in [0.15, 0.2) is 5.60 Å². The largest absolute Gasteiger partial charge is 0.376 e. The molecule has 3 heteroatoms. The van der Waals surface area contributed by atoms with Gasteiger partial charge in [-0.3, -0.25) is 0 Å². The summed E-state index contributed by atoms with van der Waals surface area (Å²) < 4.78 is 0. The van der Waals surface area contributed by atoms with E-state index in [2.05, 4.69) is 0 Å². The summed E-state index contributed by atoms with van der Waals surface area (Å²) in [6, 6.07) is 9.55. The molecule has 2 nitrogen and oxygen atoms in total. The van der Waals surface area contributed by atoms with Crippen LogP contribution in [0.5, 0.6) is 0 Å². The molecule has 1 aliphatic rings. The van der Waals surface area contributed by atoms with Crippen LogP contribution in [0.3, 0.4) is 0 Å². The summed E-state index contributed by atoms with van der Waals surface area (Å²) in [5.74, 6) is 0. The van der Waals surface area contributed by atoms with Crippen molar-refractivity contribution in [1.82, 2.24) is 4.90 Å². The van der Waals surface area contributed by atoms with Gasteiger partial charge in [0.25, 0.3) is 0 Å². The van der Waals surface area contributed by atoms with E-state index in [1.165, 1.54) is 0 Å². The van der Waals surface area contributed by atoms with Crippen molar-refractivity contribution in [3.05, 3.63) is 35.9 Å². The molecular weight excluding hydrogens is 182 g/mol. The van der Waals surface area contributed by atoms with Crippen molar-refractivity contribution in [2.75, 3.05) is 13.6 Å². The van der Waals surface area contributed by atoms with Gasteiger partial charge in [-0.15, -0.1) is 0 Å². The van der Waals surface area contributed by atoms with Gasteiger partial charge in [0, 0.05) is 7.05 Å². The smallest absolute Gasteiger partial charge is 0.157 e. The zero-order valence-electron chi connectivity index (χ0n) is 7.40. The van der Waals surface area contributed by atoms with Crippen LogP contribution in [0.4, 0.5) is 0 Å². The third kappa shape index (κ3) is 1.16. The zero-order valence-corrected chi connectivity index (χ0v) is 8.21. The average molecular weight is 193 g/mol. The van der Waals surface area contributed by atoms with Crippen molar-refractivity contribution in [2.45, 2.75) is 5.60 Å². The first-order valence-electron chi connectivity index (χ1n) is 4.18. The van der Waals surface area contributed by atoms with Crippen molar-refractivity contribution >= 4 is 17.2 Å². The van der Waals surface area contributed by atoms with Crippen LogP contribution in [0.25, 0.3) is 0 Å². The normalized spacial score (nSPS) is 27.2. The van der Waals surface area contributed by atoms with E-state index in [0.29, 0.717) is 11.5 Å². The van der Waals surface area contributed by atoms with Gasteiger partial charge in [-0.25, -0.2) is 0 Å². The lowest BCUT2D eigenvalue weighted by Crippen LogP contribution is -2.61. The van der Waals surface area contributed by atoms with E-state index in [-0.39, 0.29) is 0 Å². The predicted molar refractivity (Wildman–Crippen MR) is 55.6 cm³/mol. The summed E-state index contributed by atoms with van der Waals surface area (Å²) in [6.07, 6.45) is 0. The first-order chi connectivity index (χ1) is 6.14. The zero-order chi connectivity index (χ0) is 9.47. The van der Waals surface area contributed by atoms with E-state index in [0.717, 1.165) is 5.56 Å². The van der Waals surface area contributed by atoms with Crippen LogP contribution >= 0.6 is 12.2 Å². The van der Waals surface area contributed by atoms with Gasteiger partial charge in [-0.05, 0) is 5.56 Å². The lowest BCUT2D eigenvalue weighted by Gasteiger charge is -2.46. The van der Waals surface area contributed by atoms with Gasteiger partial charge in [-0.2, -0.15) is 0 Å². The topological polar surface area (TPSA) is 23.5 Å². The van der Waals surface area contributed by atoms with Crippen LogP contribution in [0.15, 0.2) is 30.3 Å². The Morgan fingerprint density at radius 3 is 2.46 bits per heavy atom. The van der Waals surface area contributed by atoms with Gasteiger partial charge in [0.05, 0.1) is 6.54 Å². The molecule has 1 aliphatic heterocycles. The lowest BCUT2D eigenvalue weighted by atomic mass is 9.86. The Morgan fingerprint density at radius 2 is 2.00 bits per heavy atom. The molecule has 0 aromatic heterocycles. The average Bonchev–Trinajstić information content (AvgIpc) is 2.19. The summed E-state index contributed by atoms with van der Waals surface area (Å²) in [4.78, 5) is 2.49. The fourth-order valence-electron chi connectivity index (χ4n) is 1.64. The van der Waals surface area contributed by atoms with Crippen LogP contribution < -0.4 is 0 Å². The number of hydrogen-bond acceptors (Lipinski definition) is 2. The SMILES string of the molecule is CN1CC(O)(c2ccccc2)C1=S. The van der Waals surface area contributed by atoms with Crippen molar-refractivity contribution in [3.63, 3.8) is 0 Å². The molecule has 13 heavy (non-hydrogen) atoms. The first kappa shape index (κ1) is 8.66. The van der Waals surface area contributed by atoms with Crippen molar-refractivity contribution in [1.29, 1.82) is 0 Å². The minimum Gasteiger partial charge on any atom is -0.376 e. The molecule has 1 saturated heterocycles. The molecule has 0 amide bonds. The maximum absolute atomic E-state index is 10.1. The highest BCUT2D eigenvalue weighted by atomic mass is 32.1. The maximum atomic E-state index is 10.1. The molecule has 0 saturated carbocycles. The van der Waals surface area contributed by atoms with E-state index in [1.807, 2.05) is 42.3 Å². The third-order valence-corrected chi connectivity index (χ3v) is 3.07. The van der Waals surface area contributed by atoms with Gasteiger partial charge in [0.1, 0.15) is 4.99 Å². The standard InChI is InChI=1S/C10H11NOS/c1-11-7-10(12,9(11)13)8-5-3-2-4-6-8/h2-6,12H,7H2,1H3. The number of likely N-dealkylation sites (tertiary alicyclic amines) is 1. The van der Waals surface area contributed by atoms with Crippen molar-refractivity contribution < 1.29 is 5.11 Å². The number of hydrogen-bond donors (Lipinski definition) is 1. The van der Waals surface area contributed by atoms with E-state index < -0.39 is 5.60 Å². The number of thiocarbonyl (C=S) groups is 1. The number of rotatable bonds is 1. The Hall–Kier alpha value is -0.930. The summed E-state index contributed by atoms with van der Waals surface area (Å²) in [5, 5.41) is 10.1. The summed E-state index contributed by atoms with van der Waals surface area (Å²) >= 11 is 5.10. The molecule has 1 aromatic rings. The monoisotopic (exact) mass is 193 g/mol. The molecule has 1 heterocycles. The quantitative estimate of drug-likeness (QED) is 0.677. The van der Waals surface area contributed by atoms with Crippen LogP contribution in [-0.2, 0) is 5.60 Å². The molecule has 0 bridgehead atoms. The van der Waals surface area contributed by atoms with Gasteiger partial charge in [-0.1, -0.05) is 42.5 Å². The Morgan fingerprint density at radius 1 is 1.38 bits per heavy atom. The molecule has 1 unspecified atom stereocenters. The molecule has 0 aliphatic carbocycles. The fraction of sp³-hybridized carbons (Fsp3) is 0.300. The van der Waals surface area contributed by atoms with E-state index in [9.17, 15) is 5.11 Å². The minimum atomic E-state index is -0.897. The van der Waals surface area contributed by atoms with Crippen molar-refractivity contribution in [2.24, 2.45) is 0 Å². The summed E-state index contributed by atoms with van der Waals surface area (Å²) in [5.41, 5.74) is -0.0103. The maximum Gasteiger partial charge on any atom is 0.157 e. The molecule has 0 spiro atoms. The molecule has 68 valence electrons. The van der Waals surface area contributed by atoms with Gasteiger partial charge in [0.2, 0.25) is 0 Å². The second-order valence-electron chi connectivity index (χ2n) is 3.39. The number of aliphatic hydroxyl groups is 1.